The highest BCUT2D eigenvalue weighted by atomic mass is 31.2. The van der Waals surface area contributed by atoms with Crippen LogP contribution in [0.2, 0.25) is 0 Å². The molecule has 0 aliphatic carbocycles. The zero-order valence-corrected chi connectivity index (χ0v) is 8.32. The van der Waals surface area contributed by atoms with Crippen LogP contribution in [0.3, 0.4) is 0 Å². The summed E-state index contributed by atoms with van der Waals surface area (Å²) >= 11 is 0. The van der Waals surface area contributed by atoms with Gasteiger partial charge in [-0.25, -0.2) is 0 Å². The van der Waals surface area contributed by atoms with Gasteiger partial charge in [0.25, 0.3) is 0 Å². The third kappa shape index (κ3) is 11.3. The fraction of sp³-hybridized carbons (Fsp3) is 0.250. The molecule has 1 aromatic carbocycles. The average molecular weight is 203 g/mol. The van der Waals surface area contributed by atoms with E-state index in [0.29, 0.717) is 6.54 Å². The summed E-state index contributed by atoms with van der Waals surface area (Å²) in [6, 6.07) is 9.99. The third-order valence-electron chi connectivity index (χ3n) is 1.08. The molecule has 13 heavy (non-hydrogen) atoms. The minimum Gasteiger partial charge on any atom is -0.326 e. The molecule has 0 aliphatic heterocycles. The minimum absolute atomic E-state index is 0.640. The van der Waals surface area contributed by atoms with Crippen molar-refractivity contribution in [1.82, 2.24) is 0 Å². The maximum Gasteiger partial charge on any atom is 0.322 e. The van der Waals surface area contributed by atoms with Crippen molar-refractivity contribution in [3.8, 4) is 0 Å². The quantitative estimate of drug-likeness (QED) is 0.593. The molecule has 0 radical (unpaired) electrons. The first-order chi connectivity index (χ1) is 5.93. The van der Waals surface area contributed by atoms with Crippen molar-refractivity contribution in [2.45, 2.75) is 6.54 Å². The lowest BCUT2D eigenvalue weighted by Crippen LogP contribution is -1.94. The lowest BCUT2D eigenvalue weighted by atomic mass is 10.2. The lowest BCUT2D eigenvalue weighted by Gasteiger charge is -1.90. The van der Waals surface area contributed by atoms with Crippen LogP contribution in [0, 0.1) is 0 Å². The van der Waals surface area contributed by atoms with Crippen molar-refractivity contribution in [1.29, 1.82) is 0 Å². The SMILES string of the molecule is CP(=O)(O)O.NCc1ccccc1. The first kappa shape index (κ1) is 12.3. The Bertz CT molecular complexity index is 262. The standard InChI is InChI=1S/C7H9N.CH5O3P/c8-6-7-4-2-1-3-5-7;1-5(2,3)4/h1-5H,6,8H2;1H3,(H2,2,3,4). The largest absolute Gasteiger partial charge is 0.326 e. The molecule has 1 rings (SSSR count). The Morgan fingerprint density at radius 2 is 1.69 bits per heavy atom. The normalized spacial score (nSPS) is 10.2. The van der Waals surface area contributed by atoms with E-state index in [9.17, 15) is 4.57 Å². The van der Waals surface area contributed by atoms with Crippen molar-refractivity contribution in [3.63, 3.8) is 0 Å². The molecule has 0 saturated carbocycles. The summed E-state index contributed by atoms with van der Waals surface area (Å²) in [6.45, 7) is 1.49. The summed E-state index contributed by atoms with van der Waals surface area (Å²) in [5.41, 5.74) is 6.54. The van der Waals surface area contributed by atoms with Crippen LogP contribution in [-0.4, -0.2) is 16.5 Å². The number of hydrogen-bond donors (Lipinski definition) is 3. The third-order valence-corrected chi connectivity index (χ3v) is 1.08. The molecule has 0 aliphatic rings. The summed E-state index contributed by atoms with van der Waals surface area (Å²) in [6.07, 6.45) is 0. The second kappa shape index (κ2) is 5.89. The van der Waals surface area contributed by atoms with Gasteiger partial charge in [0.1, 0.15) is 0 Å². The molecule has 0 atom stereocenters. The zero-order valence-electron chi connectivity index (χ0n) is 7.42. The van der Waals surface area contributed by atoms with Gasteiger partial charge in [0.2, 0.25) is 0 Å². The highest BCUT2D eigenvalue weighted by molar-refractivity contribution is 7.50. The molecule has 4 nitrogen and oxygen atoms in total. The molecular formula is C8H14NO3P. The highest BCUT2D eigenvalue weighted by Gasteiger charge is 1.95. The van der Waals surface area contributed by atoms with Gasteiger partial charge in [-0.2, -0.15) is 0 Å². The fourth-order valence-electron chi connectivity index (χ4n) is 0.614. The summed E-state index contributed by atoms with van der Waals surface area (Å²) in [4.78, 5) is 15.3. The van der Waals surface area contributed by atoms with Crippen molar-refractivity contribution < 1.29 is 14.4 Å². The van der Waals surface area contributed by atoms with Crippen molar-refractivity contribution in [3.05, 3.63) is 35.9 Å². The number of benzene rings is 1. The molecule has 1 aromatic rings. The van der Waals surface area contributed by atoms with E-state index in [4.69, 9.17) is 15.5 Å². The van der Waals surface area contributed by atoms with Crippen LogP contribution < -0.4 is 5.73 Å². The Morgan fingerprint density at radius 1 is 1.31 bits per heavy atom. The van der Waals surface area contributed by atoms with E-state index in [1.54, 1.807) is 0 Å². The Kier molecular flexibility index (Phi) is 5.58. The van der Waals surface area contributed by atoms with Gasteiger partial charge < -0.3 is 15.5 Å². The molecule has 0 heterocycles. The highest BCUT2D eigenvalue weighted by Crippen LogP contribution is 2.26. The number of rotatable bonds is 1. The van der Waals surface area contributed by atoms with Crippen LogP contribution in [0.15, 0.2) is 30.3 Å². The average Bonchev–Trinajstić information content (AvgIpc) is 2.03. The van der Waals surface area contributed by atoms with Gasteiger partial charge in [0, 0.05) is 13.2 Å². The summed E-state index contributed by atoms with van der Waals surface area (Å²) in [5, 5.41) is 0. The molecule has 0 fully saturated rings. The predicted octanol–water partition coefficient (Wildman–Crippen LogP) is 0.939. The van der Waals surface area contributed by atoms with E-state index in [0.717, 1.165) is 6.66 Å². The van der Waals surface area contributed by atoms with E-state index >= 15 is 0 Å². The van der Waals surface area contributed by atoms with Crippen LogP contribution in [-0.2, 0) is 11.1 Å². The molecule has 0 spiro atoms. The van der Waals surface area contributed by atoms with Crippen molar-refractivity contribution >= 4 is 7.60 Å². The van der Waals surface area contributed by atoms with E-state index in [1.807, 2.05) is 30.3 Å². The van der Waals surface area contributed by atoms with Gasteiger partial charge in [-0.3, -0.25) is 4.57 Å². The zero-order chi connectivity index (χ0) is 10.3. The van der Waals surface area contributed by atoms with Crippen LogP contribution in [0.4, 0.5) is 0 Å². The number of nitrogens with two attached hydrogens (primary N) is 1. The summed E-state index contributed by atoms with van der Waals surface area (Å²) in [5.74, 6) is 0. The van der Waals surface area contributed by atoms with Crippen molar-refractivity contribution in [2.75, 3.05) is 6.66 Å². The van der Waals surface area contributed by atoms with Crippen LogP contribution >= 0.6 is 7.60 Å². The van der Waals surface area contributed by atoms with E-state index in [-0.39, 0.29) is 0 Å². The Hall–Kier alpha value is -0.670. The van der Waals surface area contributed by atoms with Crippen molar-refractivity contribution in [2.24, 2.45) is 5.73 Å². The fourth-order valence-corrected chi connectivity index (χ4v) is 0.614. The molecule has 4 N–H and O–H groups in total. The molecule has 5 heteroatoms. The topological polar surface area (TPSA) is 83.5 Å². The molecule has 0 amide bonds. The molecule has 74 valence electrons. The van der Waals surface area contributed by atoms with Gasteiger partial charge in [-0.15, -0.1) is 0 Å². The van der Waals surface area contributed by atoms with E-state index < -0.39 is 7.60 Å². The van der Waals surface area contributed by atoms with Crippen LogP contribution in [0.5, 0.6) is 0 Å². The van der Waals surface area contributed by atoms with Gasteiger partial charge in [0.05, 0.1) is 0 Å². The predicted molar refractivity (Wildman–Crippen MR) is 52.3 cm³/mol. The van der Waals surface area contributed by atoms with Gasteiger partial charge in [0.15, 0.2) is 0 Å². The molecule has 0 saturated heterocycles. The summed E-state index contributed by atoms with van der Waals surface area (Å²) in [7, 11) is -3.64. The molecule has 0 aromatic heterocycles. The van der Waals surface area contributed by atoms with E-state index in [2.05, 4.69) is 0 Å². The van der Waals surface area contributed by atoms with E-state index in [1.165, 1.54) is 5.56 Å². The Labute approximate surface area is 77.6 Å². The molecule has 0 bridgehead atoms. The first-order valence-corrected chi connectivity index (χ1v) is 5.76. The Balaban J connectivity index is 0.000000252. The second-order valence-corrected chi connectivity index (χ2v) is 4.20. The first-order valence-electron chi connectivity index (χ1n) is 3.70. The molecule has 0 unspecified atom stereocenters. The van der Waals surface area contributed by atoms with Crippen LogP contribution in [0.25, 0.3) is 0 Å². The maximum absolute atomic E-state index is 9.33. The molecular weight excluding hydrogens is 189 g/mol. The lowest BCUT2D eigenvalue weighted by molar-refractivity contribution is 0.381. The Morgan fingerprint density at radius 3 is 1.92 bits per heavy atom. The van der Waals surface area contributed by atoms with Crippen LogP contribution in [0.1, 0.15) is 5.56 Å². The summed E-state index contributed by atoms with van der Waals surface area (Å²) < 4.78 is 9.33. The monoisotopic (exact) mass is 203 g/mol. The minimum atomic E-state index is -3.64. The maximum atomic E-state index is 9.33. The van der Waals surface area contributed by atoms with Gasteiger partial charge in [-0.1, -0.05) is 30.3 Å². The van der Waals surface area contributed by atoms with Gasteiger partial charge >= 0.3 is 7.60 Å². The second-order valence-electron chi connectivity index (χ2n) is 2.53. The number of hydrogen-bond acceptors (Lipinski definition) is 2. The smallest absolute Gasteiger partial charge is 0.322 e. The van der Waals surface area contributed by atoms with Gasteiger partial charge in [-0.05, 0) is 5.56 Å².